The number of imidazole rings is 1. The fourth-order valence-corrected chi connectivity index (χ4v) is 2.78. The van der Waals surface area contributed by atoms with E-state index in [4.69, 9.17) is 5.11 Å². The molecule has 2 aromatic heterocycles. The van der Waals surface area contributed by atoms with Gasteiger partial charge in [0.15, 0.2) is 4.96 Å². The molecule has 0 atom stereocenters. The number of amides is 1. The second kappa shape index (κ2) is 5.49. The van der Waals surface area contributed by atoms with Crippen molar-refractivity contribution in [1.29, 1.82) is 0 Å². The van der Waals surface area contributed by atoms with E-state index in [9.17, 15) is 4.79 Å². The van der Waals surface area contributed by atoms with E-state index in [0.29, 0.717) is 19.4 Å². The molecule has 2 rings (SSSR count). The third kappa shape index (κ3) is 2.70. The molecule has 2 heterocycles. The van der Waals surface area contributed by atoms with Crippen LogP contribution in [0.5, 0.6) is 0 Å². The fraction of sp³-hybridized carbons (Fsp3) is 0.500. The maximum atomic E-state index is 11.8. The van der Waals surface area contributed by atoms with Gasteiger partial charge in [-0.1, -0.05) is 0 Å². The highest BCUT2D eigenvalue weighted by atomic mass is 32.1. The van der Waals surface area contributed by atoms with E-state index in [2.05, 4.69) is 4.98 Å². The predicted molar refractivity (Wildman–Crippen MR) is 70.8 cm³/mol. The lowest BCUT2D eigenvalue weighted by atomic mass is 10.2. The van der Waals surface area contributed by atoms with Crippen molar-refractivity contribution in [2.24, 2.45) is 0 Å². The molecular weight excluding hydrogens is 250 g/mol. The van der Waals surface area contributed by atoms with Gasteiger partial charge < -0.3 is 10.0 Å². The smallest absolute Gasteiger partial charge is 0.222 e. The van der Waals surface area contributed by atoms with Gasteiger partial charge in [-0.05, 0) is 13.3 Å². The van der Waals surface area contributed by atoms with Crippen LogP contribution in [-0.4, -0.2) is 45.5 Å². The number of fused-ring (bicyclic) bond motifs is 1. The van der Waals surface area contributed by atoms with E-state index in [0.717, 1.165) is 16.3 Å². The Morgan fingerprint density at radius 3 is 3.11 bits per heavy atom. The molecule has 0 radical (unpaired) electrons. The van der Waals surface area contributed by atoms with Crippen LogP contribution in [0.1, 0.15) is 17.8 Å². The van der Waals surface area contributed by atoms with Gasteiger partial charge in [0.25, 0.3) is 0 Å². The van der Waals surface area contributed by atoms with Crippen LogP contribution in [0.15, 0.2) is 11.6 Å². The van der Waals surface area contributed by atoms with Gasteiger partial charge in [-0.15, -0.1) is 11.3 Å². The summed E-state index contributed by atoms with van der Waals surface area (Å²) in [6.07, 6.45) is 3.15. The lowest BCUT2D eigenvalue weighted by Crippen LogP contribution is -2.29. The Labute approximate surface area is 110 Å². The van der Waals surface area contributed by atoms with Gasteiger partial charge in [0.05, 0.1) is 12.3 Å². The number of aryl methyl sites for hydroxylation is 2. The Balaban J connectivity index is 1.99. The first kappa shape index (κ1) is 13.0. The summed E-state index contributed by atoms with van der Waals surface area (Å²) >= 11 is 1.59. The topological polar surface area (TPSA) is 57.8 Å². The zero-order valence-corrected chi connectivity index (χ0v) is 11.4. The molecule has 0 aliphatic rings. The summed E-state index contributed by atoms with van der Waals surface area (Å²) in [5.41, 5.74) is 2.10. The largest absolute Gasteiger partial charge is 0.395 e. The molecule has 18 heavy (non-hydrogen) atoms. The maximum absolute atomic E-state index is 11.8. The third-order valence-corrected chi connectivity index (χ3v) is 3.75. The molecule has 0 fully saturated rings. The van der Waals surface area contributed by atoms with Crippen molar-refractivity contribution >= 4 is 22.2 Å². The van der Waals surface area contributed by atoms with Crippen LogP contribution < -0.4 is 0 Å². The van der Waals surface area contributed by atoms with Gasteiger partial charge >= 0.3 is 0 Å². The zero-order chi connectivity index (χ0) is 13.1. The number of thiazole rings is 1. The predicted octanol–water partition coefficient (Wildman–Crippen LogP) is 1.09. The highest BCUT2D eigenvalue weighted by Crippen LogP contribution is 2.17. The number of carbonyl (C=O) groups is 1. The molecule has 6 heteroatoms. The minimum Gasteiger partial charge on any atom is -0.395 e. The van der Waals surface area contributed by atoms with Gasteiger partial charge in [-0.3, -0.25) is 9.20 Å². The van der Waals surface area contributed by atoms with Crippen molar-refractivity contribution in [3.63, 3.8) is 0 Å². The quantitative estimate of drug-likeness (QED) is 0.882. The standard InChI is InChI=1S/C12H17N3O2S/c1-9-7-15-10(8-18-12(15)13-9)3-4-11(17)14(2)5-6-16/h7-8,16H,3-6H2,1-2H3. The Morgan fingerprint density at radius 2 is 2.39 bits per heavy atom. The number of aliphatic hydroxyl groups is 1. The van der Waals surface area contributed by atoms with Crippen molar-refractivity contribution in [2.75, 3.05) is 20.2 Å². The monoisotopic (exact) mass is 267 g/mol. The first-order valence-corrected chi connectivity index (χ1v) is 6.76. The maximum Gasteiger partial charge on any atom is 0.222 e. The second-order valence-electron chi connectivity index (χ2n) is 4.30. The summed E-state index contributed by atoms with van der Waals surface area (Å²) < 4.78 is 2.04. The molecule has 98 valence electrons. The van der Waals surface area contributed by atoms with Crippen LogP contribution in [0.4, 0.5) is 0 Å². The number of nitrogens with zero attached hydrogens (tertiary/aromatic N) is 3. The van der Waals surface area contributed by atoms with E-state index in [-0.39, 0.29) is 12.5 Å². The summed E-state index contributed by atoms with van der Waals surface area (Å²) in [5.74, 6) is 0.0558. The van der Waals surface area contributed by atoms with Crippen molar-refractivity contribution in [2.45, 2.75) is 19.8 Å². The molecule has 0 aromatic carbocycles. The number of hydrogen-bond donors (Lipinski definition) is 1. The highest BCUT2D eigenvalue weighted by Gasteiger charge is 2.11. The molecule has 0 aliphatic carbocycles. The van der Waals surface area contributed by atoms with Crippen LogP contribution in [-0.2, 0) is 11.2 Å². The van der Waals surface area contributed by atoms with Crippen molar-refractivity contribution in [3.8, 4) is 0 Å². The molecule has 0 aliphatic heterocycles. The number of likely N-dealkylation sites (N-methyl/N-ethyl adjacent to an activating group) is 1. The molecule has 0 spiro atoms. The summed E-state index contributed by atoms with van der Waals surface area (Å²) in [6, 6.07) is 0. The SMILES string of the molecule is Cc1cn2c(CCC(=O)N(C)CCO)csc2n1. The number of hydrogen-bond acceptors (Lipinski definition) is 4. The first-order valence-electron chi connectivity index (χ1n) is 5.88. The Hall–Kier alpha value is -1.40. The van der Waals surface area contributed by atoms with E-state index in [1.54, 1.807) is 23.3 Å². The molecule has 0 saturated carbocycles. The minimum absolute atomic E-state index is 0.00561. The molecule has 5 nitrogen and oxygen atoms in total. The van der Waals surface area contributed by atoms with Crippen LogP contribution in [0.3, 0.4) is 0 Å². The molecule has 1 amide bonds. The number of aromatic nitrogens is 2. The first-order chi connectivity index (χ1) is 8.61. The van der Waals surface area contributed by atoms with Crippen LogP contribution in [0, 0.1) is 6.92 Å². The van der Waals surface area contributed by atoms with Gasteiger partial charge in [0.1, 0.15) is 0 Å². The van der Waals surface area contributed by atoms with E-state index in [1.807, 2.05) is 22.9 Å². The lowest BCUT2D eigenvalue weighted by Gasteiger charge is -2.15. The van der Waals surface area contributed by atoms with Gasteiger partial charge in [0, 0.05) is 37.3 Å². The summed E-state index contributed by atoms with van der Waals surface area (Å²) in [6.45, 7) is 2.36. The molecule has 0 bridgehead atoms. The Morgan fingerprint density at radius 1 is 1.61 bits per heavy atom. The normalized spacial score (nSPS) is 11.1. The minimum atomic E-state index is 0.00561. The average Bonchev–Trinajstić information content (AvgIpc) is 2.85. The summed E-state index contributed by atoms with van der Waals surface area (Å²) in [7, 11) is 1.71. The fourth-order valence-electron chi connectivity index (χ4n) is 1.82. The van der Waals surface area contributed by atoms with Gasteiger partial charge in [-0.2, -0.15) is 0 Å². The Kier molecular flexibility index (Phi) is 3.98. The molecule has 0 saturated heterocycles. The van der Waals surface area contributed by atoms with E-state index >= 15 is 0 Å². The van der Waals surface area contributed by atoms with E-state index < -0.39 is 0 Å². The van der Waals surface area contributed by atoms with Crippen LogP contribution in [0.25, 0.3) is 4.96 Å². The Bertz CT molecular complexity index is 547. The van der Waals surface area contributed by atoms with Crippen molar-refractivity contribution < 1.29 is 9.90 Å². The average molecular weight is 267 g/mol. The van der Waals surface area contributed by atoms with Gasteiger partial charge in [-0.25, -0.2) is 4.98 Å². The zero-order valence-electron chi connectivity index (χ0n) is 10.6. The number of carbonyl (C=O) groups excluding carboxylic acids is 1. The lowest BCUT2D eigenvalue weighted by molar-refractivity contribution is -0.130. The summed E-state index contributed by atoms with van der Waals surface area (Å²) in [5, 5.41) is 10.8. The van der Waals surface area contributed by atoms with E-state index in [1.165, 1.54) is 0 Å². The van der Waals surface area contributed by atoms with Crippen LogP contribution in [0.2, 0.25) is 0 Å². The van der Waals surface area contributed by atoms with Crippen LogP contribution >= 0.6 is 11.3 Å². The molecule has 1 N–H and O–H groups in total. The molecular formula is C12H17N3O2S. The third-order valence-electron chi connectivity index (χ3n) is 2.86. The molecule has 0 unspecified atom stereocenters. The van der Waals surface area contributed by atoms with Crippen molar-refractivity contribution in [3.05, 3.63) is 23.0 Å². The number of aliphatic hydroxyl groups excluding tert-OH is 1. The van der Waals surface area contributed by atoms with Gasteiger partial charge in [0.2, 0.25) is 5.91 Å². The van der Waals surface area contributed by atoms with Crippen molar-refractivity contribution in [1.82, 2.24) is 14.3 Å². The molecule has 2 aromatic rings. The second-order valence-corrected chi connectivity index (χ2v) is 5.14. The highest BCUT2D eigenvalue weighted by molar-refractivity contribution is 7.15. The number of rotatable bonds is 5. The summed E-state index contributed by atoms with van der Waals surface area (Å²) in [4.78, 5) is 18.7.